The lowest BCUT2D eigenvalue weighted by Crippen LogP contribution is -2.38. The number of aliphatic hydroxyl groups is 1. The van der Waals surface area contributed by atoms with Crippen molar-refractivity contribution in [2.75, 3.05) is 0 Å². The number of Topliss-reactive ketones (excluding diaryl/α,β-unsaturated/α-hetero) is 1. The van der Waals surface area contributed by atoms with Crippen LogP contribution in [0, 0.1) is 23.7 Å². The summed E-state index contributed by atoms with van der Waals surface area (Å²) in [5, 5.41) is 10.9. The van der Waals surface area contributed by atoms with Gasteiger partial charge in [-0.2, -0.15) is 0 Å². The van der Waals surface area contributed by atoms with Crippen molar-refractivity contribution >= 4 is 13.9 Å². The third-order valence-electron chi connectivity index (χ3n) is 4.89. The Labute approximate surface area is 137 Å². The topological polar surface area (TPSA) is 37.3 Å². The van der Waals surface area contributed by atoms with Crippen molar-refractivity contribution in [3.8, 4) is 0 Å². The summed E-state index contributed by atoms with van der Waals surface area (Å²) in [4.78, 5) is 12.4. The van der Waals surface area contributed by atoms with E-state index in [1.54, 1.807) is 0 Å². The first-order valence-electron chi connectivity index (χ1n) is 8.57. The smallest absolute Gasteiger partial charge is 0.139 e. The normalized spacial score (nSPS) is 25.3. The molecule has 0 radical (unpaired) electrons. The number of aliphatic hydroxyl groups excluding tert-OH is 1. The van der Waals surface area contributed by atoms with Gasteiger partial charge in [0.1, 0.15) is 5.78 Å². The highest BCUT2D eigenvalue weighted by Crippen LogP contribution is 2.42. The largest absolute Gasteiger partial charge is 0.392 e. The number of rotatable bonds is 8. The van der Waals surface area contributed by atoms with E-state index in [0.29, 0.717) is 12.3 Å². The molecule has 1 fully saturated rings. The molecule has 0 aliphatic heterocycles. The molecule has 0 amide bonds. The van der Waals surface area contributed by atoms with Crippen LogP contribution in [0.3, 0.4) is 0 Å². The maximum atomic E-state index is 12.4. The van der Waals surface area contributed by atoms with Crippen LogP contribution in [0.25, 0.3) is 0 Å². The van der Waals surface area contributed by atoms with Gasteiger partial charge in [0.05, 0.1) is 12.0 Å². The first-order chi connectivity index (χ1) is 10.1. The van der Waals surface area contributed by atoms with Gasteiger partial charge in [0.25, 0.3) is 0 Å². The molecule has 4 atom stereocenters. The van der Waals surface area contributed by atoms with Gasteiger partial charge in [0, 0.05) is 14.5 Å². The van der Waals surface area contributed by atoms with E-state index in [2.05, 4.69) is 46.6 Å². The number of hydrogen-bond acceptors (Lipinski definition) is 2. The monoisotopic (exact) mass is 322 g/mol. The lowest BCUT2D eigenvalue weighted by Gasteiger charge is -2.34. The molecule has 1 rings (SSSR count). The highest BCUT2D eigenvalue weighted by molar-refractivity contribution is 6.76. The molecule has 1 saturated carbocycles. The number of ketones is 1. The fraction of sp³-hybridized carbons (Fsp3) is 0.737. The fourth-order valence-corrected chi connectivity index (χ4v) is 5.46. The highest BCUT2D eigenvalue weighted by atomic mass is 28.3. The van der Waals surface area contributed by atoms with E-state index in [-0.39, 0.29) is 23.5 Å². The van der Waals surface area contributed by atoms with E-state index >= 15 is 0 Å². The lowest BCUT2D eigenvalue weighted by molar-refractivity contribution is -0.126. The molecule has 0 aromatic carbocycles. The fourth-order valence-electron chi connectivity index (χ4n) is 3.83. The molecular formula is C19H34O2Si. The maximum absolute atomic E-state index is 12.4. The first kappa shape index (κ1) is 19.4. The summed E-state index contributed by atoms with van der Waals surface area (Å²) >= 11 is 0. The lowest BCUT2D eigenvalue weighted by atomic mass is 9.76. The molecule has 2 nitrogen and oxygen atoms in total. The van der Waals surface area contributed by atoms with Crippen LogP contribution in [0.2, 0.25) is 25.7 Å². The Kier molecular flexibility index (Phi) is 6.81. The number of carbonyl (C=O) groups is 1. The third-order valence-corrected chi connectivity index (χ3v) is 6.41. The van der Waals surface area contributed by atoms with E-state index in [9.17, 15) is 9.90 Å². The minimum Gasteiger partial charge on any atom is -0.392 e. The van der Waals surface area contributed by atoms with Crippen molar-refractivity contribution < 1.29 is 9.90 Å². The molecule has 3 heteroatoms. The van der Waals surface area contributed by atoms with Crippen molar-refractivity contribution in [3.05, 3.63) is 24.8 Å². The molecule has 0 aromatic rings. The van der Waals surface area contributed by atoms with Gasteiger partial charge in [-0.15, -0.1) is 6.58 Å². The van der Waals surface area contributed by atoms with Gasteiger partial charge in [-0.25, -0.2) is 0 Å². The van der Waals surface area contributed by atoms with Crippen molar-refractivity contribution in [2.45, 2.75) is 64.9 Å². The van der Waals surface area contributed by atoms with Gasteiger partial charge in [0.15, 0.2) is 0 Å². The molecule has 1 aliphatic rings. The Morgan fingerprint density at radius 1 is 1.41 bits per heavy atom. The summed E-state index contributed by atoms with van der Waals surface area (Å²) in [6, 6.07) is 1.04. The molecule has 0 saturated heterocycles. The number of hydrogen-bond donors (Lipinski definition) is 1. The maximum Gasteiger partial charge on any atom is 0.139 e. The minimum atomic E-state index is -1.25. The first-order valence-corrected chi connectivity index (χ1v) is 12.3. The Bertz CT molecular complexity index is 420. The molecule has 126 valence electrons. The predicted molar refractivity (Wildman–Crippen MR) is 97.7 cm³/mol. The molecular weight excluding hydrogens is 288 g/mol. The minimum absolute atomic E-state index is 0.103. The highest BCUT2D eigenvalue weighted by Gasteiger charge is 2.44. The quantitative estimate of drug-likeness (QED) is 0.520. The van der Waals surface area contributed by atoms with E-state index in [1.165, 1.54) is 5.57 Å². The summed E-state index contributed by atoms with van der Waals surface area (Å²) in [5.41, 5.74) is 1.19. The Hall–Kier alpha value is -0.673. The average molecular weight is 323 g/mol. The van der Waals surface area contributed by atoms with Crippen molar-refractivity contribution in [1.29, 1.82) is 0 Å². The Morgan fingerprint density at radius 3 is 2.45 bits per heavy atom. The summed E-state index contributed by atoms with van der Waals surface area (Å²) in [7, 11) is -1.25. The number of carbonyl (C=O) groups excluding carboxylic acids is 1. The van der Waals surface area contributed by atoms with Gasteiger partial charge in [-0.1, -0.05) is 51.7 Å². The zero-order valence-electron chi connectivity index (χ0n) is 15.1. The molecule has 22 heavy (non-hydrogen) atoms. The standard InChI is InChI=1S/C19H34O2Si/c1-8-9-15(13(2)3)19(21)18-16(10-11-17(18)20)14(4)12-22(5,6)7/h8,13,15-16,18-19,21H,1,4,9-12H2,2-3,5-7H3/t15-,16-,18-,19+/m1/s1. The van der Waals surface area contributed by atoms with Crippen molar-refractivity contribution in [2.24, 2.45) is 23.7 Å². The molecule has 1 aliphatic carbocycles. The van der Waals surface area contributed by atoms with Crippen molar-refractivity contribution in [3.63, 3.8) is 0 Å². The van der Waals surface area contributed by atoms with Crippen LogP contribution in [0.4, 0.5) is 0 Å². The van der Waals surface area contributed by atoms with Gasteiger partial charge in [0.2, 0.25) is 0 Å². The second-order valence-electron chi connectivity index (χ2n) is 8.46. The average Bonchev–Trinajstić information content (AvgIpc) is 2.74. The third kappa shape index (κ3) is 4.92. The predicted octanol–water partition coefficient (Wildman–Crippen LogP) is 4.69. The van der Waals surface area contributed by atoms with Gasteiger partial charge < -0.3 is 5.11 Å². The van der Waals surface area contributed by atoms with E-state index in [0.717, 1.165) is 18.9 Å². The van der Waals surface area contributed by atoms with Crippen LogP contribution in [0.1, 0.15) is 33.1 Å². The van der Waals surface area contributed by atoms with Crippen LogP contribution in [0.5, 0.6) is 0 Å². The SMILES string of the molecule is C=CC[C@H](C(C)C)[C@H](O)[C@H]1C(=O)CC[C@@H]1C(=C)C[Si](C)(C)C. The van der Waals surface area contributed by atoms with E-state index in [1.807, 2.05) is 6.08 Å². The van der Waals surface area contributed by atoms with Crippen LogP contribution >= 0.6 is 0 Å². The zero-order valence-corrected chi connectivity index (χ0v) is 16.1. The molecule has 0 bridgehead atoms. The zero-order chi connectivity index (χ0) is 17.1. The van der Waals surface area contributed by atoms with E-state index in [4.69, 9.17) is 0 Å². The molecule has 0 unspecified atom stereocenters. The Balaban J connectivity index is 2.94. The van der Waals surface area contributed by atoms with Gasteiger partial charge >= 0.3 is 0 Å². The molecule has 1 N–H and O–H groups in total. The number of allylic oxidation sites excluding steroid dienone is 2. The molecule has 0 aromatic heterocycles. The summed E-state index contributed by atoms with van der Waals surface area (Å²) in [6.45, 7) is 19.3. The van der Waals surface area contributed by atoms with Crippen LogP contribution in [-0.2, 0) is 4.79 Å². The van der Waals surface area contributed by atoms with Crippen molar-refractivity contribution in [1.82, 2.24) is 0 Å². The summed E-state index contributed by atoms with van der Waals surface area (Å²) in [5.74, 6) is 0.583. The van der Waals surface area contributed by atoms with Gasteiger partial charge in [-0.05, 0) is 36.6 Å². The van der Waals surface area contributed by atoms with Gasteiger partial charge in [-0.3, -0.25) is 4.79 Å². The summed E-state index contributed by atoms with van der Waals surface area (Å²) < 4.78 is 0. The molecule has 0 spiro atoms. The second-order valence-corrected chi connectivity index (χ2v) is 13.9. The molecule has 0 heterocycles. The van der Waals surface area contributed by atoms with Crippen LogP contribution < -0.4 is 0 Å². The Morgan fingerprint density at radius 2 is 2.00 bits per heavy atom. The van der Waals surface area contributed by atoms with Crippen LogP contribution in [-0.4, -0.2) is 25.1 Å². The second kappa shape index (κ2) is 7.74. The van der Waals surface area contributed by atoms with E-state index < -0.39 is 14.2 Å². The van der Waals surface area contributed by atoms with Crippen LogP contribution in [0.15, 0.2) is 24.8 Å². The summed E-state index contributed by atoms with van der Waals surface area (Å²) in [6.07, 6.45) is 3.50.